The van der Waals surface area contributed by atoms with Crippen LogP contribution in [0.4, 0.5) is 5.82 Å². The van der Waals surface area contributed by atoms with Crippen molar-refractivity contribution in [1.29, 1.82) is 0 Å². The molecule has 0 aromatic carbocycles. The molecular weight excluding hydrogens is 200 g/mol. The molecule has 2 rings (SSSR count). The minimum Gasteiger partial charge on any atom is -0.367 e. The van der Waals surface area contributed by atoms with Crippen LogP contribution in [0.1, 0.15) is 12.8 Å². The highest BCUT2D eigenvalue weighted by molar-refractivity contribution is 6.28. The van der Waals surface area contributed by atoms with E-state index < -0.39 is 0 Å². The Morgan fingerprint density at radius 3 is 2.93 bits per heavy atom. The number of nitrogens with zero attached hydrogens (tertiary/aromatic N) is 2. The fourth-order valence-electron chi connectivity index (χ4n) is 1.59. The summed E-state index contributed by atoms with van der Waals surface area (Å²) in [6, 6.07) is 2.34. The van der Waals surface area contributed by atoms with Gasteiger partial charge in [0.25, 0.3) is 0 Å². The number of hydrogen-bond acceptors (Lipinski definition) is 4. The van der Waals surface area contributed by atoms with Gasteiger partial charge in [0.15, 0.2) is 0 Å². The SMILES string of the molecule is Clc1nccc(NC2CCNCC2)n1. The molecule has 2 heterocycles. The predicted octanol–water partition coefficient (Wildman–Crippen LogP) is 1.29. The highest BCUT2D eigenvalue weighted by Gasteiger charge is 2.12. The van der Waals surface area contributed by atoms with Crippen LogP contribution in [0.5, 0.6) is 0 Å². The Morgan fingerprint density at radius 2 is 2.21 bits per heavy atom. The Hall–Kier alpha value is -0.870. The Morgan fingerprint density at radius 1 is 1.43 bits per heavy atom. The summed E-state index contributed by atoms with van der Waals surface area (Å²) in [6.07, 6.45) is 3.92. The highest BCUT2D eigenvalue weighted by Crippen LogP contribution is 2.11. The Kier molecular flexibility index (Phi) is 3.16. The van der Waals surface area contributed by atoms with Crippen molar-refractivity contribution in [2.24, 2.45) is 0 Å². The van der Waals surface area contributed by atoms with Crippen LogP contribution in [-0.2, 0) is 0 Å². The third kappa shape index (κ3) is 2.56. The number of hydrogen-bond donors (Lipinski definition) is 2. The molecule has 1 aromatic heterocycles. The summed E-state index contributed by atoms with van der Waals surface area (Å²) in [5.41, 5.74) is 0. The number of anilines is 1. The molecule has 1 aromatic rings. The lowest BCUT2D eigenvalue weighted by Crippen LogP contribution is -2.35. The lowest BCUT2D eigenvalue weighted by atomic mass is 10.1. The molecule has 0 radical (unpaired) electrons. The number of halogens is 1. The second-order valence-corrected chi connectivity index (χ2v) is 3.72. The summed E-state index contributed by atoms with van der Waals surface area (Å²) in [5, 5.41) is 6.95. The standard InChI is InChI=1S/C9H13ClN4/c10-9-12-6-3-8(14-9)13-7-1-4-11-5-2-7/h3,6-7,11H,1-2,4-5H2,(H,12,13,14). The van der Waals surface area contributed by atoms with Crippen molar-refractivity contribution in [1.82, 2.24) is 15.3 Å². The summed E-state index contributed by atoms with van der Waals surface area (Å²) < 4.78 is 0. The molecule has 0 unspecified atom stereocenters. The highest BCUT2D eigenvalue weighted by atomic mass is 35.5. The van der Waals surface area contributed by atoms with Gasteiger partial charge in [-0.1, -0.05) is 0 Å². The molecule has 0 atom stereocenters. The van der Waals surface area contributed by atoms with Crippen molar-refractivity contribution >= 4 is 17.4 Å². The van der Waals surface area contributed by atoms with Crippen LogP contribution in [-0.4, -0.2) is 29.1 Å². The lowest BCUT2D eigenvalue weighted by Gasteiger charge is -2.23. The summed E-state index contributed by atoms with van der Waals surface area (Å²) in [6.45, 7) is 2.13. The van der Waals surface area contributed by atoms with Crippen LogP contribution in [0.15, 0.2) is 12.3 Å². The van der Waals surface area contributed by atoms with E-state index in [1.165, 1.54) is 0 Å². The van der Waals surface area contributed by atoms with Gasteiger partial charge in [-0.05, 0) is 43.6 Å². The monoisotopic (exact) mass is 212 g/mol. The third-order valence-electron chi connectivity index (χ3n) is 2.32. The molecule has 1 fully saturated rings. The van der Waals surface area contributed by atoms with E-state index >= 15 is 0 Å². The first-order valence-corrected chi connectivity index (χ1v) is 5.18. The fraction of sp³-hybridized carbons (Fsp3) is 0.556. The molecule has 4 nitrogen and oxygen atoms in total. The largest absolute Gasteiger partial charge is 0.367 e. The molecule has 5 heteroatoms. The lowest BCUT2D eigenvalue weighted by molar-refractivity contribution is 0.478. The topological polar surface area (TPSA) is 49.8 Å². The molecule has 1 saturated heterocycles. The Balaban J connectivity index is 1.95. The van der Waals surface area contributed by atoms with Crippen molar-refractivity contribution in [3.8, 4) is 0 Å². The molecular formula is C9H13ClN4. The molecule has 1 aliphatic heterocycles. The average molecular weight is 213 g/mol. The molecule has 0 saturated carbocycles. The van der Waals surface area contributed by atoms with Gasteiger partial charge in [0.2, 0.25) is 5.28 Å². The first kappa shape index (κ1) is 9.68. The molecule has 0 spiro atoms. The van der Waals surface area contributed by atoms with Gasteiger partial charge in [-0.2, -0.15) is 0 Å². The minimum atomic E-state index is 0.295. The van der Waals surface area contributed by atoms with E-state index in [9.17, 15) is 0 Å². The third-order valence-corrected chi connectivity index (χ3v) is 2.50. The molecule has 76 valence electrons. The van der Waals surface area contributed by atoms with E-state index in [1.54, 1.807) is 6.20 Å². The van der Waals surface area contributed by atoms with E-state index in [0.717, 1.165) is 31.7 Å². The zero-order chi connectivity index (χ0) is 9.80. The van der Waals surface area contributed by atoms with E-state index in [4.69, 9.17) is 11.6 Å². The second kappa shape index (κ2) is 4.57. The molecule has 1 aliphatic rings. The van der Waals surface area contributed by atoms with Crippen molar-refractivity contribution < 1.29 is 0 Å². The number of piperidine rings is 1. The maximum atomic E-state index is 5.69. The number of aromatic nitrogens is 2. The fourth-order valence-corrected chi connectivity index (χ4v) is 1.74. The van der Waals surface area contributed by atoms with E-state index in [0.29, 0.717) is 11.3 Å². The van der Waals surface area contributed by atoms with Crippen LogP contribution in [0.25, 0.3) is 0 Å². The van der Waals surface area contributed by atoms with Gasteiger partial charge in [0.1, 0.15) is 5.82 Å². The normalized spacial score (nSPS) is 18.1. The predicted molar refractivity (Wildman–Crippen MR) is 56.6 cm³/mol. The van der Waals surface area contributed by atoms with Gasteiger partial charge in [-0.3, -0.25) is 0 Å². The summed E-state index contributed by atoms with van der Waals surface area (Å²) >= 11 is 5.69. The van der Waals surface area contributed by atoms with Crippen LogP contribution < -0.4 is 10.6 Å². The smallest absolute Gasteiger partial charge is 0.224 e. The van der Waals surface area contributed by atoms with Gasteiger partial charge >= 0.3 is 0 Å². The minimum absolute atomic E-state index is 0.295. The molecule has 0 aliphatic carbocycles. The average Bonchev–Trinajstić information content (AvgIpc) is 2.19. The van der Waals surface area contributed by atoms with Gasteiger partial charge in [-0.15, -0.1) is 0 Å². The maximum absolute atomic E-state index is 5.69. The van der Waals surface area contributed by atoms with Crippen molar-refractivity contribution in [3.05, 3.63) is 17.5 Å². The zero-order valence-corrected chi connectivity index (χ0v) is 8.59. The van der Waals surface area contributed by atoms with Crippen molar-refractivity contribution in [2.75, 3.05) is 18.4 Å². The van der Waals surface area contributed by atoms with Gasteiger partial charge < -0.3 is 10.6 Å². The second-order valence-electron chi connectivity index (χ2n) is 3.38. The Labute approximate surface area is 88.1 Å². The van der Waals surface area contributed by atoms with Crippen LogP contribution >= 0.6 is 11.6 Å². The van der Waals surface area contributed by atoms with Crippen molar-refractivity contribution in [3.63, 3.8) is 0 Å². The van der Waals surface area contributed by atoms with Gasteiger partial charge in [0.05, 0.1) is 0 Å². The summed E-state index contributed by atoms with van der Waals surface area (Å²) in [4.78, 5) is 7.92. The summed E-state index contributed by atoms with van der Waals surface area (Å²) in [7, 11) is 0. The van der Waals surface area contributed by atoms with Gasteiger partial charge in [0, 0.05) is 12.2 Å². The van der Waals surface area contributed by atoms with Crippen LogP contribution in [0.2, 0.25) is 5.28 Å². The number of rotatable bonds is 2. The molecule has 0 bridgehead atoms. The molecule has 14 heavy (non-hydrogen) atoms. The Bertz CT molecular complexity index is 299. The first-order valence-electron chi connectivity index (χ1n) is 4.80. The van der Waals surface area contributed by atoms with E-state index in [2.05, 4.69) is 20.6 Å². The zero-order valence-electron chi connectivity index (χ0n) is 7.83. The van der Waals surface area contributed by atoms with Crippen LogP contribution in [0, 0.1) is 0 Å². The quantitative estimate of drug-likeness (QED) is 0.726. The first-order chi connectivity index (χ1) is 6.84. The van der Waals surface area contributed by atoms with Gasteiger partial charge in [-0.25, -0.2) is 9.97 Å². The molecule has 0 amide bonds. The van der Waals surface area contributed by atoms with Crippen molar-refractivity contribution in [2.45, 2.75) is 18.9 Å². The maximum Gasteiger partial charge on any atom is 0.224 e. The van der Waals surface area contributed by atoms with E-state index in [-0.39, 0.29) is 0 Å². The summed E-state index contributed by atoms with van der Waals surface area (Å²) in [5.74, 6) is 0.817. The number of nitrogens with one attached hydrogen (secondary N) is 2. The van der Waals surface area contributed by atoms with Crippen LogP contribution in [0.3, 0.4) is 0 Å². The molecule has 2 N–H and O–H groups in total. The van der Waals surface area contributed by atoms with E-state index in [1.807, 2.05) is 6.07 Å².